The summed E-state index contributed by atoms with van der Waals surface area (Å²) in [4.78, 5) is 11.8. The van der Waals surface area contributed by atoms with E-state index in [0.29, 0.717) is 6.54 Å². The lowest BCUT2D eigenvalue weighted by atomic mass is 10.2. The number of nitrogens with one attached hydrogen (secondary N) is 1. The molecule has 2 N–H and O–H groups in total. The normalized spacial score (nSPS) is 10.2. The van der Waals surface area contributed by atoms with Gasteiger partial charge in [0, 0.05) is 16.7 Å². The molecule has 0 aliphatic rings. The molecule has 3 nitrogen and oxygen atoms in total. The van der Waals surface area contributed by atoms with Gasteiger partial charge in [0.05, 0.1) is 5.56 Å². The number of aliphatic hydroxyl groups excluding tert-OH is 1. The summed E-state index contributed by atoms with van der Waals surface area (Å²) in [7, 11) is 0. The zero-order valence-corrected chi connectivity index (χ0v) is 11.9. The van der Waals surface area contributed by atoms with Crippen LogP contribution in [0.1, 0.15) is 36.0 Å². The van der Waals surface area contributed by atoms with Crippen molar-refractivity contribution in [3.8, 4) is 0 Å². The Morgan fingerprint density at radius 2 is 1.88 bits per heavy atom. The molecule has 0 aromatic heterocycles. The first-order chi connectivity index (χ1) is 8.25. The number of hydrogen-bond donors (Lipinski definition) is 2. The third-order valence-corrected chi connectivity index (χ3v) is 3.43. The zero-order valence-electron chi connectivity index (χ0n) is 9.79. The molecule has 0 fully saturated rings. The Morgan fingerprint density at radius 3 is 2.59 bits per heavy atom. The standard InChI is InChI=1S/C13H18INO2/c14-12-8-4-3-7-11(12)13(17)15-9-5-1-2-6-10-16/h3-4,7-8,16H,1-2,5-6,9-10H2,(H,15,17). The minimum atomic E-state index is -0.00263. The average Bonchev–Trinajstić information content (AvgIpc) is 2.34. The molecule has 0 aliphatic carbocycles. The van der Waals surface area contributed by atoms with Gasteiger partial charge in [-0.1, -0.05) is 25.0 Å². The van der Waals surface area contributed by atoms with Gasteiger partial charge < -0.3 is 10.4 Å². The Balaban J connectivity index is 2.24. The van der Waals surface area contributed by atoms with Crippen LogP contribution in [0.25, 0.3) is 0 Å². The molecule has 1 aromatic carbocycles. The second-order valence-electron chi connectivity index (χ2n) is 3.87. The van der Waals surface area contributed by atoms with E-state index in [-0.39, 0.29) is 12.5 Å². The number of amides is 1. The number of aliphatic hydroxyl groups is 1. The summed E-state index contributed by atoms with van der Waals surface area (Å²) in [5, 5.41) is 11.5. The number of halogens is 1. The Kier molecular flexibility index (Phi) is 7.19. The molecule has 0 heterocycles. The molecule has 17 heavy (non-hydrogen) atoms. The fraction of sp³-hybridized carbons (Fsp3) is 0.462. The first-order valence-corrected chi connectivity index (χ1v) is 6.97. The van der Waals surface area contributed by atoms with E-state index in [1.165, 1.54) is 0 Å². The molecule has 0 radical (unpaired) electrons. The molecule has 1 aromatic rings. The highest BCUT2D eigenvalue weighted by Crippen LogP contribution is 2.11. The second-order valence-corrected chi connectivity index (χ2v) is 5.04. The molecule has 0 bridgehead atoms. The Labute approximate surface area is 116 Å². The van der Waals surface area contributed by atoms with Gasteiger partial charge in [0.2, 0.25) is 0 Å². The molecule has 94 valence electrons. The van der Waals surface area contributed by atoms with E-state index in [1.807, 2.05) is 24.3 Å². The van der Waals surface area contributed by atoms with Crippen molar-refractivity contribution in [1.82, 2.24) is 5.32 Å². The van der Waals surface area contributed by atoms with Crippen LogP contribution in [-0.4, -0.2) is 24.2 Å². The Morgan fingerprint density at radius 1 is 1.18 bits per heavy atom. The molecule has 0 atom stereocenters. The van der Waals surface area contributed by atoms with Gasteiger partial charge in [-0.3, -0.25) is 4.79 Å². The topological polar surface area (TPSA) is 49.3 Å². The summed E-state index contributed by atoms with van der Waals surface area (Å²) >= 11 is 2.17. The van der Waals surface area contributed by atoms with E-state index in [4.69, 9.17) is 5.11 Å². The van der Waals surface area contributed by atoms with Crippen molar-refractivity contribution in [1.29, 1.82) is 0 Å². The van der Waals surface area contributed by atoms with Crippen LogP contribution >= 0.6 is 22.6 Å². The first-order valence-electron chi connectivity index (χ1n) is 5.89. The van der Waals surface area contributed by atoms with Crippen LogP contribution in [0.3, 0.4) is 0 Å². The summed E-state index contributed by atoms with van der Waals surface area (Å²) in [6.07, 6.45) is 3.89. The van der Waals surface area contributed by atoms with E-state index in [2.05, 4.69) is 27.9 Å². The fourth-order valence-corrected chi connectivity index (χ4v) is 2.17. The number of benzene rings is 1. The van der Waals surface area contributed by atoms with E-state index >= 15 is 0 Å². The quantitative estimate of drug-likeness (QED) is 0.588. The van der Waals surface area contributed by atoms with Gasteiger partial charge in [-0.2, -0.15) is 0 Å². The van der Waals surface area contributed by atoms with Crippen molar-refractivity contribution in [2.45, 2.75) is 25.7 Å². The number of carbonyl (C=O) groups is 1. The van der Waals surface area contributed by atoms with E-state index < -0.39 is 0 Å². The van der Waals surface area contributed by atoms with Gasteiger partial charge in [-0.25, -0.2) is 0 Å². The molecule has 0 unspecified atom stereocenters. The lowest BCUT2D eigenvalue weighted by Gasteiger charge is -2.06. The SMILES string of the molecule is O=C(NCCCCCCO)c1ccccc1I. The average molecular weight is 347 g/mol. The van der Waals surface area contributed by atoms with Crippen molar-refractivity contribution < 1.29 is 9.90 Å². The maximum absolute atomic E-state index is 11.8. The Bertz CT molecular complexity index is 355. The van der Waals surface area contributed by atoms with Gasteiger partial charge in [-0.15, -0.1) is 0 Å². The Hall–Kier alpha value is -0.620. The first kappa shape index (κ1) is 14.4. The van der Waals surface area contributed by atoms with Gasteiger partial charge in [0.25, 0.3) is 5.91 Å². The summed E-state index contributed by atoms with van der Waals surface area (Å²) in [6.45, 7) is 0.962. The molecule has 4 heteroatoms. The number of hydrogen-bond acceptors (Lipinski definition) is 2. The molecule has 0 saturated carbocycles. The second kappa shape index (κ2) is 8.47. The summed E-state index contributed by atoms with van der Waals surface area (Å²) in [5.74, 6) is -0.00263. The monoisotopic (exact) mass is 347 g/mol. The number of carbonyl (C=O) groups excluding carboxylic acids is 1. The highest BCUT2D eigenvalue weighted by molar-refractivity contribution is 14.1. The highest BCUT2D eigenvalue weighted by Gasteiger charge is 2.07. The molecule has 0 saturated heterocycles. The summed E-state index contributed by atoms with van der Waals surface area (Å²) in [5.41, 5.74) is 0.739. The predicted octanol–water partition coefficient (Wildman–Crippen LogP) is 2.57. The predicted molar refractivity (Wildman–Crippen MR) is 77.0 cm³/mol. The molecular weight excluding hydrogens is 329 g/mol. The summed E-state index contributed by atoms with van der Waals surface area (Å²) < 4.78 is 0.975. The number of rotatable bonds is 7. The molecular formula is C13H18INO2. The van der Waals surface area contributed by atoms with Crippen LogP contribution < -0.4 is 5.32 Å². The van der Waals surface area contributed by atoms with Crippen LogP contribution in [0.15, 0.2) is 24.3 Å². The smallest absolute Gasteiger partial charge is 0.252 e. The van der Waals surface area contributed by atoms with Crippen molar-refractivity contribution in [3.63, 3.8) is 0 Å². The van der Waals surface area contributed by atoms with E-state index in [9.17, 15) is 4.79 Å². The van der Waals surface area contributed by atoms with Crippen molar-refractivity contribution in [2.75, 3.05) is 13.2 Å². The van der Waals surface area contributed by atoms with Crippen LogP contribution in [0.2, 0.25) is 0 Å². The lowest BCUT2D eigenvalue weighted by Crippen LogP contribution is -2.25. The highest BCUT2D eigenvalue weighted by atomic mass is 127. The number of unbranched alkanes of at least 4 members (excludes halogenated alkanes) is 3. The third-order valence-electron chi connectivity index (χ3n) is 2.49. The van der Waals surface area contributed by atoms with E-state index in [1.54, 1.807) is 0 Å². The van der Waals surface area contributed by atoms with Gasteiger partial charge in [-0.05, 0) is 47.6 Å². The van der Waals surface area contributed by atoms with Crippen LogP contribution in [0.4, 0.5) is 0 Å². The molecule has 0 spiro atoms. The van der Waals surface area contributed by atoms with Crippen LogP contribution in [0, 0.1) is 3.57 Å². The van der Waals surface area contributed by atoms with Crippen LogP contribution in [-0.2, 0) is 0 Å². The van der Waals surface area contributed by atoms with Gasteiger partial charge in [0.15, 0.2) is 0 Å². The maximum atomic E-state index is 11.8. The van der Waals surface area contributed by atoms with Gasteiger partial charge >= 0.3 is 0 Å². The molecule has 1 amide bonds. The molecule has 0 aliphatic heterocycles. The zero-order chi connectivity index (χ0) is 12.5. The summed E-state index contributed by atoms with van der Waals surface area (Å²) in [6, 6.07) is 7.56. The minimum Gasteiger partial charge on any atom is -0.396 e. The van der Waals surface area contributed by atoms with Gasteiger partial charge in [0.1, 0.15) is 0 Å². The maximum Gasteiger partial charge on any atom is 0.252 e. The third kappa shape index (κ3) is 5.50. The lowest BCUT2D eigenvalue weighted by molar-refractivity contribution is 0.0952. The minimum absolute atomic E-state index is 0.00263. The molecule has 1 rings (SSSR count). The fourth-order valence-electron chi connectivity index (χ4n) is 1.53. The largest absolute Gasteiger partial charge is 0.396 e. The van der Waals surface area contributed by atoms with Crippen LogP contribution in [0.5, 0.6) is 0 Å². The van der Waals surface area contributed by atoms with Crippen molar-refractivity contribution >= 4 is 28.5 Å². The van der Waals surface area contributed by atoms with E-state index in [0.717, 1.165) is 34.8 Å². The van der Waals surface area contributed by atoms with Crippen molar-refractivity contribution in [3.05, 3.63) is 33.4 Å². The van der Waals surface area contributed by atoms with Crippen molar-refractivity contribution in [2.24, 2.45) is 0 Å².